The maximum Gasteiger partial charge on any atom is 0.338 e. The molecule has 9 heteroatoms. The van der Waals surface area contributed by atoms with Crippen molar-refractivity contribution in [2.45, 2.75) is 109 Å². The van der Waals surface area contributed by atoms with Crippen LogP contribution >= 0.6 is 0 Å². The van der Waals surface area contributed by atoms with Crippen molar-refractivity contribution in [3.8, 4) is 0 Å². The minimum absolute atomic E-state index is 0.348. The van der Waals surface area contributed by atoms with Gasteiger partial charge in [0.2, 0.25) is 0 Å². The summed E-state index contributed by atoms with van der Waals surface area (Å²) in [7, 11) is 0. The van der Waals surface area contributed by atoms with Crippen LogP contribution in [0.25, 0.3) is 0 Å². The predicted molar refractivity (Wildman–Crippen MR) is 140 cm³/mol. The third kappa shape index (κ3) is 11.6. The fourth-order valence-electron chi connectivity index (χ4n) is 3.75. The molecule has 0 bridgehead atoms. The van der Waals surface area contributed by atoms with Crippen molar-refractivity contribution in [2.75, 3.05) is 0 Å². The van der Waals surface area contributed by atoms with E-state index in [1.54, 1.807) is 13.0 Å². The van der Waals surface area contributed by atoms with Crippen LogP contribution in [0.1, 0.15) is 59.8 Å². The Kier molecular flexibility index (Phi) is 14.5. The van der Waals surface area contributed by atoms with Gasteiger partial charge >= 0.3 is 5.97 Å². The third-order valence-corrected chi connectivity index (χ3v) is 6.31. The maximum atomic E-state index is 11.3. The fourth-order valence-corrected chi connectivity index (χ4v) is 3.75. The first-order chi connectivity index (χ1) is 17.3. The Morgan fingerprint density at radius 2 is 1.27 bits per heavy atom. The molecule has 1 aliphatic rings. The largest absolute Gasteiger partial charge is 0.455 e. The lowest BCUT2D eigenvalue weighted by Gasteiger charge is -2.33. The van der Waals surface area contributed by atoms with E-state index in [-0.39, 0.29) is 0 Å². The van der Waals surface area contributed by atoms with Crippen molar-refractivity contribution in [3.63, 3.8) is 0 Å². The summed E-state index contributed by atoms with van der Waals surface area (Å²) in [6, 6.07) is 0. The molecule has 1 heterocycles. The highest BCUT2D eigenvalue weighted by molar-refractivity contribution is 5.77. The number of ether oxygens (including phenoxy) is 1. The second kappa shape index (κ2) is 16.2. The molecule has 9 unspecified atom stereocenters. The monoisotopic (exact) mass is 526 g/mol. The molecule has 37 heavy (non-hydrogen) atoms. The zero-order valence-electron chi connectivity index (χ0n) is 22.3. The van der Waals surface area contributed by atoms with Crippen molar-refractivity contribution in [1.29, 1.82) is 0 Å². The highest BCUT2D eigenvalue weighted by Crippen LogP contribution is 2.24. The van der Waals surface area contributed by atoms with Gasteiger partial charge < -0.3 is 40.5 Å². The van der Waals surface area contributed by atoms with E-state index in [0.717, 1.165) is 25.7 Å². The molecule has 0 saturated carbocycles. The molecular weight excluding hydrogens is 480 g/mol. The quantitative estimate of drug-likeness (QED) is 0.0945. The molecule has 0 amide bonds. The molecule has 1 rings (SSSR count). The van der Waals surface area contributed by atoms with Crippen molar-refractivity contribution >= 4 is 5.97 Å². The van der Waals surface area contributed by atoms with Crippen molar-refractivity contribution in [1.82, 2.24) is 0 Å². The molecule has 212 valence electrons. The van der Waals surface area contributed by atoms with Gasteiger partial charge in [-0.1, -0.05) is 76.3 Å². The summed E-state index contributed by atoms with van der Waals surface area (Å²) in [4.78, 5) is 11.3. The first-order valence-electron chi connectivity index (χ1n) is 12.9. The van der Waals surface area contributed by atoms with Crippen LogP contribution in [0.15, 0.2) is 48.6 Å². The van der Waals surface area contributed by atoms with Crippen LogP contribution in [0, 0.1) is 11.3 Å². The van der Waals surface area contributed by atoms with Crippen molar-refractivity contribution < 1.29 is 45.3 Å². The third-order valence-electron chi connectivity index (χ3n) is 6.31. The molecule has 0 aromatic heterocycles. The van der Waals surface area contributed by atoms with E-state index in [1.807, 2.05) is 18.2 Å². The van der Waals surface area contributed by atoms with Gasteiger partial charge in [-0.15, -0.1) is 0 Å². The smallest absolute Gasteiger partial charge is 0.338 e. The lowest BCUT2D eigenvalue weighted by atomic mass is 9.89. The van der Waals surface area contributed by atoms with Gasteiger partial charge in [0.25, 0.3) is 0 Å². The summed E-state index contributed by atoms with van der Waals surface area (Å²) in [6.45, 7) is 8.34. The number of esters is 1. The van der Waals surface area contributed by atoms with Gasteiger partial charge in [-0.25, -0.2) is 4.79 Å². The average molecular weight is 527 g/mol. The SMILES string of the molecule is CC(C/C=C/C=C/CC/C=C\C=C\CCC(C)(C)C)C(O)C(O)C(O)C(O)C(O)C1OC(=O)C(O)C1O. The van der Waals surface area contributed by atoms with Crippen LogP contribution in [0.4, 0.5) is 0 Å². The lowest BCUT2D eigenvalue weighted by Crippen LogP contribution is -2.55. The molecule has 0 radical (unpaired) electrons. The summed E-state index contributed by atoms with van der Waals surface area (Å²) in [5.41, 5.74) is 0.348. The Morgan fingerprint density at radius 3 is 1.76 bits per heavy atom. The van der Waals surface area contributed by atoms with Crippen LogP contribution in [0.2, 0.25) is 0 Å². The number of cyclic esters (lactones) is 1. The second-order valence-electron chi connectivity index (χ2n) is 10.9. The number of aliphatic hydroxyl groups excluding tert-OH is 7. The zero-order chi connectivity index (χ0) is 28.2. The standard InChI is InChI=1S/C28H46O9/c1-18(16-14-12-10-8-6-5-7-9-11-13-15-17-28(2,3)4)19(29)20(30)21(31)22(32)23(33)26-24(34)25(35)27(36)37-26/h7-14,18-26,29-35H,5-6,15-17H2,1-4H3/b9-7-,10-8+,13-11+,14-12+. The van der Waals surface area contributed by atoms with Gasteiger partial charge in [0.1, 0.15) is 30.5 Å². The Morgan fingerprint density at radius 1 is 0.784 bits per heavy atom. The Labute approximate surface area is 220 Å². The number of allylic oxidation sites excluding steroid dienone is 8. The van der Waals surface area contributed by atoms with Gasteiger partial charge in [0.15, 0.2) is 12.2 Å². The van der Waals surface area contributed by atoms with Crippen LogP contribution in [-0.2, 0) is 9.53 Å². The highest BCUT2D eigenvalue weighted by Gasteiger charge is 2.50. The average Bonchev–Trinajstić information content (AvgIpc) is 3.10. The molecule has 0 aromatic carbocycles. The van der Waals surface area contributed by atoms with Gasteiger partial charge in [0, 0.05) is 0 Å². The number of unbranched alkanes of at least 4 members (excludes halogenated alkanes) is 1. The summed E-state index contributed by atoms with van der Waals surface area (Å²) >= 11 is 0. The van der Waals surface area contributed by atoms with Gasteiger partial charge in [-0.2, -0.15) is 0 Å². The molecule has 1 saturated heterocycles. The van der Waals surface area contributed by atoms with Crippen molar-refractivity contribution in [3.05, 3.63) is 48.6 Å². The first kappa shape index (κ1) is 33.2. The van der Waals surface area contributed by atoms with Crippen LogP contribution in [0.5, 0.6) is 0 Å². The molecule has 1 fully saturated rings. The predicted octanol–water partition coefficient (Wildman–Crippen LogP) is 1.30. The summed E-state index contributed by atoms with van der Waals surface area (Å²) in [5, 5.41) is 70.3. The molecule has 9 atom stereocenters. The van der Waals surface area contributed by atoms with Gasteiger partial charge in [0.05, 0.1) is 6.10 Å². The van der Waals surface area contributed by atoms with E-state index in [9.17, 15) is 40.5 Å². The zero-order valence-corrected chi connectivity index (χ0v) is 22.3. The highest BCUT2D eigenvalue weighted by atomic mass is 16.6. The minimum atomic E-state index is -2.05. The van der Waals surface area contributed by atoms with Crippen LogP contribution in [0.3, 0.4) is 0 Å². The molecular formula is C28H46O9. The number of hydrogen-bond donors (Lipinski definition) is 7. The number of carbonyl (C=O) groups is 1. The van der Waals surface area contributed by atoms with Gasteiger partial charge in [-0.05, 0) is 43.4 Å². The second-order valence-corrected chi connectivity index (χ2v) is 10.9. The lowest BCUT2D eigenvalue weighted by molar-refractivity contribution is -0.174. The van der Waals surface area contributed by atoms with Gasteiger partial charge in [-0.3, -0.25) is 0 Å². The van der Waals surface area contributed by atoms with E-state index in [2.05, 4.69) is 49.8 Å². The topological polar surface area (TPSA) is 168 Å². The van der Waals surface area contributed by atoms with E-state index in [0.29, 0.717) is 11.8 Å². The Hall–Kier alpha value is -1.85. The van der Waals surface area contributed by atoms with Crippen LogP contribution in [-0.4, -0.2) is 90.5 Å². The molecule has 1 aliphatic heterocycles. The number of rotatable bonds is 15. The molecule has 9 nitrogen and oxygen atoms in total. The molecule has 0 spiro atoms. The summed E-state index contributed by atoms with van der Waals surface area (Å²) < 4.78 is 4.62. The fraction of sp³-hybridized carbons (Fsp3) is 0.679. The van der Waals surface area contributed by atoms with E-state index in [1.165, 1.54) is 0 Å². The van der Waals surface area contributed by atoms with Crippen LogP contribution < -0.4 is 0 Å². The summed E-state index contributed by atoms with van der Waals surface area (Å²) in [5.74, 6) is -1.67. The Bertz CT molecular complexity index is 783. The number of aliphatic hydroxyl groups is 7. The van der Waals surface area contributed by atoms with E-state index < -0.39 is 60.7 Å². The number of carbonyl (C=O) groups excluding carboxylic acids is 1. The normalized spacial score (nSPS) is 26.2. The van der Waals surface area contributed by atoms with E-state index >= 15 is 0 Å². The molecule has 7 N–H and O–H groups in total. The van der Waals surface area contributed by atoms with Crippen molar-refractivity contribution in [2.24, 2.45) is 11.3 Å². The maximum absolute atomic E-state index is 11.3. The summed E-state index contributed by atoms with van der Waals surface area (Å²) in [6.07, 6.45) is 5.65. The molecule has 0 aromatic rings. The number of hydrogen-bond acceptors (Lipinski definition) is 9. The molecule has 0 aliphatic carbocycles. The Balaban J connectivity index is 2.37. The first-order valence-corrected chi connectivity index (χ1v) is 12.9. The minimum Gasteiger partial charge on any atom is -0.455 e. The van der Waals surface area contributed by atoms with E-state index in [4.69, 9.17) is 0 Å².